The number of carbonyl (C=O) groups is 2. The molecule has 2 aromatic carbocycles. The molecule has 0 aliphatic carbocycles. The molecule has 156 valence electrons. The van der Waals surface area contributed by atoms with Gasteiger partial charge in [-0.2, -0.15) is 0 Å². The van der Waals surface area contributed by atoms with Crippen molar-refractivity contribution in [3.63, 3.8) is 0 Å². The number of thioether (sulfide) groups is 1. The van der Waals surface area contributed by atoms with Crippen LogP contribution in [0.2, 0.25) is 0 Å². The second kappa shape index (κ2) is 10.5. The fraction of sp³-hybridized carbons (Fsp3) is 0.158. The number of hydrogen-bond acceptors (Lipinski definition) is 8. The molecular formula is C19H19N5O4S2. The van der Waals surface area contributed by atoms with Gasteiger partial charge in [-0.15, -0.1) is 10.2 Å². The van der Waals surface area contributed by atoms with Crippen LogP contribution in [0.5, 0.6) is 11.5 Å². The zero-order chi connectivity index (χ0) is 21.3. The predicted molar refractivity (Wildman–Crippen MR) is 118 cm³/mol. The summed E-state index contributed by atoms with van der Waals surface area (Å²) in [4.78, 5) is 24.2. The van der Waals surface area contributed by atoms with Crippen molar-refractivity contribution in [3.8, 4) is 11.5 Å². The third kappa shape index (κ3) is 6.09. The summed E-state index contributed by atoms with van der Waals surface area (Å²) in [6.45, 7) is 0. The smallest absolute Gasteiger partial charge is 0.325 e. The molecule has 0 atom stereocenters. The molecule has 0 spiro atoms. The van der Waals surface area contributed by atoms with Gasteiger partial charge in [-0.3, -0.25) is 10.1 Å². The van der Waals surface area contributed by atoms with E-state index in [0.717, 1.165) is 0 Å². The van der Waals surface area contributed by atoms with Crippen LogP contribution in [0.15, 0.2) is 52.9 Å². The molecule has 0 bridgehead atoms. The summed E-state index contributed by atoms with van der Waals surface area (Å²) >= 11 is 2.40. The van der Waals surface area contributed by atoms with Crippen LogP contribution in [-0.2, 0) is 4.79 Å². The number of hydrogen-bond donors (Lipinski definition) is 3. The first-order valence-corrected chi connectivity index (χ1v) is 10.5. The fourth-order valence-corrected chi connectivity index (χ4v) is 3.86. The second-order valence-corrected chi connectivity index (χ2v) is 7.92. The Morgan fingerprint density at radius 1 is 0.967 bits per heavy atom. The standard InChI is InChI=1S/C19H19N5O4S2/c1-27-13-9-7-12(8-10-13)20-17(26)22-18-23-24-19(30-18)29-11-16(25)21-14-5-3-4-6-15(14)28-2/h3-10H,11H2,1-2H3,(H,21,25)(H2,20,22,23,26). The number of carbonyl (C=O) groups excluding carboxylic acids is 2. The molecule has 0 unspecified atom stereocenters. The maximum Gasteiger partial charge on any atom is 0.325 e. The molecule has 1 heterocycles. The minimum atomic E-state index is -0.443. The lowest BCUT2D eigenvalue weighted by atomic mass is 10.3. The Kier molecular flexibility index (Phi) is 7.46. The van der Waals surface area contributed by atoms with Crippen molar-refractivity contribution in [3.05, 3.63) is 48.5 Å². The highest BCUT2D eigenvalue weighted by atomic mass is 32.2. The highest BCUT2D eigenvalue weighted by Crippen LogP contribution is 2.27. The van der Waals surface area contributed by atoms with Gasteiger partial charge in [-0.25, -0.2) is 4.79 Å². The van der Waals surface area contributed by atoms with Crippen molar-refractivity contribution in [1.29, 1.82) is 0 Å². The van der Waals surface area contributed by atoms with Gasteiger partial charge in [0.1, 0.15) is 11.5 Å². The zero-order valence-electron chi connectivity index (χ0n) is 16.2. The molecule has 3 amide bonds. The van der Waals surface area contributed by atoms with Gasteiger partial charge in [0.25, 0.3) is 0 Å². The number of ether oxygens (including phenoxy) is 2. The van der Waals surface area contributed by atoms with Crippen molar-refractivity contribution in [2.45, 2.75) is 4.34 Å². The van der Waals surface area contributed by atoms with Crippen LogP contribution in [0.3, 0.4) is 0 Å². The normalized spacial score (nSPS) is 10.2. The van der Waals surface area contributed by atoms with E-state index in [0.29, 0.717) is 32.3 Å². The van der Waals surface area contributed by atoms with Gasteiger partial charge in [0.2, 0.25) is 11.0 Å². The van der Waals surface area contributed by atoms with Gasteiger partial charge in [-0.1, -0.05) is 35.2 Å². The van der Waals surface area contributed by atoms with E-state index in [1.165, 1.54) is 23.1 Å². The van der Waals surface area contributed by atoms with Crippen molar-refractivity contribution >= 4 is 51.5 Å². The Morgan fingerprint density at radius 2 is 1.73 bits per heavy atom. The molecule has 30 heavy (non-hydrogen) atoms. The minimum Gasteiger partial charge on any atom is -0.497 e. The molecule has 0 aliphatic heterocycles. The highest BCUT2D eigenvalue weighted by Gasteiger charge is 2.12. The average Bonchev–Trinajstić information content (AvgIpc) is 3.20. The molecule has 0 saturated carbocycles. The van der Waals surface area contributed by atoms with Gasteiger partial charge in [-0.05, 0) is 36.4 Å². The van der Waals surface area contributed by atoms with Crippen LogP contribution < -0.4 is 25.4 Å². The molecule has 0 fully saturated rings. The number of urea groups is 1. The fourth-order valence-electron chi connectivity index (χ4n) is 2.31. The van der Waals surface area contributed by atoms with E-state index in [-0.39, 0.29) is 11.7 Å². The lowest BCUT2D eigenvalue weighted by Gasteiger charge is -2.08. The first kappa shape index (κ1) is 21.4. The number of benzene rings is 2. The van der Waals surface area contributed by atoms with E-state index in [9.17, 15) is 9.59 Å². The van der Waals surface area contributed by atoms with E-state index < -0.39 is 6.03 Å². The van der Waals surface area contributed by atoms with E-state index in [4.69, 9.17) is 9.47 Å². The van der Waals surface area contributed by atoms with Crippen molar-refractivity contribution in [2.75, 3.05) is 35.9 Å². The van der Waals surface area contributed by atoms with Gasteiger partial charge < -0.3 is 20.1 Å². The van der Waals surface area contributed by atoms with Crippen LogP contribution >= 0.6 is 23.1 Å². The molecular weight excluding hydrogens is 426 g/mol. The van der Waals surface area contributed by atoms with Gasteiger partial charge >= 0.3 is 6.03 Å². The summed E-state index contributed by atoms with van der Waals surface area (Å²) in [5, 5.41) is 16.3. The topological polar surface area (TPSA) is 114 Å². The lowest BCUT2D eigenvalue weighted by Crippen LogP contribution is -2.19. The van der Waals surface area contributed by atoms with Crippen LogP contribution in [0.25, 0.3) is 0 Å². The number of anilines is 3. The van der Waals surface area contributed by atoms with Crippen LogP contribution in [-0.4, -0.2) is 42.1 Å². The average molecular weight is 446 g/mol. The number of para-hydroxylation sites is 2. The van der Waals surface area contributed by atoms with Gasteiger partial charge in [0.05, 0.1) is 25.7 Å². The summed E-state index contributed by atoms with van der Waals surface area (Å²) in [6, 6.07) is 13.6. The zero-order valence-corrected chi connectivity index (χ0v) is 17.8. The first-order valence-electron chi connectivity index (χ1n) is 8.68. The summed E-state index contributed by atoms with van der Waals surface area (Å²) in [6.07, 6.45) is 0. The molecule has 11 heteroatoms. The third-order valence-electron chi connectivity index (χ3n) is 3.68. The Hall–Kier alpha value is -3.31. The third-order valence-corrected chi connectivity index (χ3v) is 5.65. The minimum absolute atomic E-state index is 0.144. The maximum absolute atomic E-state index is 12.2. The molecule has 0 radical (unpaired) electrons. The highest BCUT2D eigenvalue weighted by molar-refractivity contribution is 8.01. The van der Waals surface area contributed by atoms with Gasteiger partial charge in [0, 0.05) is 5.69 Å². The second-order valence-electron chi connectivity index (χ2n) is 5.72. The molecule has 3 N–H and O–H groups in total. The predicted octanol–water partition coefficient (Wildman–Crippen LogP) is 3.93. The summed E-state index contributed by atoms with van der Waals surface area (Å²) in [5.74, 6) is 1.22. The SMILES string of the molecule is COc1ccc(NC(=O)Nc2nnc(SCC(=O)Nc3ccccc3OC)s2)cc1. The maximum atomic E-state index is 12.2. The monoisotopic (exact) mass is 445 g/mol. The summed E-state index contributed by atoms with van der Waals surface area (Å²) in [7, 11) is 3.11. The summed E-state index contributed by atoms with van der Waals surface area (Å²) in [5.41, 5.74) is 1.21. The van der Waals surface area contributed by atoms with E-state index in [2.05, 4.69) is 26.1 Å². The largest absolute Gasteiger partial charge is 0.497 e. The van der Waals surface area contributed by atoms with Crippen molar-refractivity contribution in [2.24, 2.45) is 0 Å². The lowest BCUT2D eigenvalue weighted by molar-refractivity contribution is -0.113. The summed E-state index contributed by atoms with van der Waals surface area (Å²) < 4.78 is 10.8. The number of methoxy groups -OCH3 is 2. The quantitative estimate of drug-likeness (QED) is 0.355. The van der Waals surface area contributed by atoms with E-state index in [1.54, 1.807) is 50.6 Å². The molecule has 9 nitrogen and oxygen atoms in total. The van der Waals surface area contributed by atoms with Crippen molar-refractivity contribution in [1.82, 2.24) is 10.2 Å². The number of rotatable bonds is 8. The molecule has 1 aromatic heterocycles. The van der Waals surface area contributed by atoms with Gasteiger partial charge in [0.15, 0.2) is 4.34 Å². The number of amides is 3. The number of aromatic nitrogens is 2. The number of nitrogens with zero attached hydrogens (tertiary/aromatic N) is 2. The van der Waals surface area contributed by atoms with Crippen LogP contribution in [0, 0.1) is 0 Å². The Bertz CT molecular complexity index is 1010. The Morgan fingerprint density at radius 3 is 2.47 bits per heavy atom. The molecule has 3 rings (SSSR count). The molecule has 3 aromatic rings. The van der Waals surface area contributed by atoms with Crippen LogP contribution in [0.1, 0.15) is 0 Å². The molecule has 0 aliphatic rings. The molecule has 0 saturated heterocycles. The Labute approximate surface area is 181 Å². The first-order chi connectivity index (χ1) is 14.6. The van der Waals surface area contributed by atoms with E-state index >= 15 is 0 Å². The van der Waals surface area contributed by atoms with Crippen molar-refractivity contribution < 1.29 is 19.1 Å². The Balaban J connectivity index is 1.47. The van der Waals surface area contributed by atoms with Crippen LogP contribution in [0.4, 0.5) is 21.3 Å². The van der Waals surface area contributed by atoms with E-state index in [1.807, 2.05) is 12.1 Å². The number of nitrogens with one attached hydrogen (secondary N) is 3.